The molecule has 3 rings (SSSR count). The van der Waals surface area contributed by atoms with Gasteiger partial charge in [-0.1, -0.05) is 31.8 Å². The van der Waals surface area contributed by atoms with Gasteiger partial charge in [-0.3, -0.25) is 14.9 Å². The zero-order chi connectivity index (χ0) is 18.7. The number of nitro benzene ring substituents is 1. The van der Waals surface area contributed by atoms with Gasteiger partial charge in [0.05, 0.1) is 4.92 Å². The lowest BCUT2D eigenvalue weighted by Gasteiger charge is -2.28. The highest BCUT2D eigenvalue weighted by Crippen LogP contribution is 2.30. The van der Waals surface area contributed by atoms with Crippen molar-refractivity contribution < 1.29 is 14.2 Å². The number of hydrogen-bond acceptors (Lipinski definition) is 6. The van der Waals surface area contributed by atoms with Gasteiger partial charge in [-0.25, -0.2) is 0 Å². The van der Waals surface area contributed by atoms with Gasteiger partial charge in [0, 0.05) is 23.6 Å². The first kappa shape index (κ1) is 18.0. The number of hydrogen-bond donors (Lipinski definition) is 1. The molecule has 1 aromatic heterocycles. The van der Waals surface area contributed by atoms with E-state index >= 15 is 0 Å². The standard InChI is InChI=1S/C18H22N4O4/c1-3-11(2)15(19-17(23)13-5-4-6-13)18-20-16(21-26-18)12-7-9-14(10-8-12)22(24)25/h7-11,13,15H,3-6H2,1-2H3,(H,19,23)/t11-,15+/m0/s1. The molecule has 8 nitrogen and oxygen atoms in total. The minimum atomic E-state index is -0.458. The third-order valence-electron chi connectivity index (χ3n) is 5.03. The smallest absolute Gasteiger partial charge is 0.269 e. The number of non-ortho nitro benzene ring substituents is 1. The molecule has 138 valence electrons. The van der Waals surface area contributed by atoms with E-state index in [1.165, 1.54) is 12.1 Å². The van der Waals surface area contributed by atoms with Crippen molar-refractivity contribution in [2.75, 3.05) is 0 Å². The van der Waals surface area contributed by atoms with Crippen LogP contribution in [0.5, 0.6) is 0 Å². The predicted octanol–water partition coefficient (Wildman–Crippen LogP) is 3.65. The minimum Gasteiger partial charge on any atom is -0.344 e. The normalized spacial score (nSPS) is 16.5. The molecule has 1 N–H and O–H groups in total. The summed E-state index contributed by atoms with van der Waals surface area (Å²) in [5.41, 5.74) is 0.626. The Hall–Kier alpha value is -2.77. The predicted molar refractivity (Wildman–Crippen MR) is 94.1 cm³/mol. The van der Waals surface area contributed by atoms with Crippen molar-refractivity contribution in [3.63, 3.8) is 0 Å². The third kappa shape index (κ3) is 3.74. The van der Waals surface area contributed by atoms with E-state index in [1.54, 1.807) is 12.1 Å². The molecule has 0 aliphatic heterocycles. The molecule has 1 fully saturated rings. The molecule has 0 bridgehead atoms. The third-order valence-corrected chi connectivity index (χ3v) is 5.03. The van der Waals surface area contributed by atoms with Crippen molar-refractivity contribution in [1.82, 2.24) is 15.5 Å². The van der Waals surface area contributed by atoms with Gasteiger partial charge in [-0.05, 0) is 30.9 Å². The van der Waals surface area contributed by atoms with Crippen molar-refractivity contribution in [2.45, 2.75) is 45.6 Å². The molecule has 0 radical (unpaired) electrons. The highest BCUT2D eigenvalue weighted by Gasteiger charge is 2.31. The monoisotopic (exact) mass is 358 g/mol. The van der Waals surface area contributed by atoms with Crippen molar-refractivity contribution in [2.24, 2.45) is 11.8 Å². The number of nitro groups is 1. The number of nitrogens with zero attached hydrogens (tertiary/aromatic N) is 3. The van der Waals surface area contributed by atoms with Crippen LogP contribution >= 0.6 is 0 Å². The molecule has 0 unspecified atom stereocenters. The average molecular weight is 358 g/mol. The Morgan fingerprint density at radius 3 is 2.62 bits per heavy atom. The van der Waals surface area contributed by atoms with Gasteiger partial charge in [-0.2, -0.15) is 4.98 Å². The first-order chi connectivity index (χ1) is 12.5. The van der Waals surface area contributed by atoms with Crippen LogP contribution in [0.2, 0.25) is 0 Å². The number of nitrogens with one attached hydrogen (secondary N) is 1. The molecule has 2 atom stereocenters. The zero-order valence-electron chi connectivity index (χ0n) is 14.8. The minimum absolute atomic E-state index is 0.00251. The Kier molecular flexibility index (Phi) is 5.29. The first-order valence-electron chi connectivity index (χ1n) is 8.88. The van der Waals surface area contributed by atoms with Gasteiger partial charge in [0.25, 0.3) is 5.69 Å². The summed E-state index contributed by atoms with van der Waals surface area (Å²) in [5, 5.41) is 17.8. The van der Waals surface area contributed by atoms with Crippen LogP contribution in [-0.2, 0) is 4.79 Å². The lowest BCUT2D eigenvalue weighted by Crippen LogP contribution is -2.39. The van der Waals surface area contributed by atoms with Crippen LogP contribution in [0.1, 0.15) is 51.5 Å². The lowest BCUT2D eigenvalue weighted by molar-refractivity contribution is -0.384. The van der Waals surface area contributed by atoms with E-state index in [1.807, 2.05) is 13.8 Å². The second-order valence-electron chi connectivity index (χ2n) is 6.76. The van der Waals surface area contributed by atoms with Crippen LogP contribution in [0.25, 0.3) is 11.4 Å². The quantitative estimate of drug-likeness (QED) is 0.597. The van der Waals surface area contributed by atoms with Crippen molar-refractivity contribution >= 4 is 11.6 Å². The summed E-state index contributed by atoms with van der Waals surface area (Å²) in [6.45, 7) is 4.07. The summed E-state index contributed by atoms with van der Waals surface area (Å²) < 4.78 is 5.40. The lowest BCUT2D eigenvalue weighted by atomic mass is 9.84. The summed E-state index contributed by atoms with van der Waals surface area (Å²) in [4.78, 5) is 27.1. The Morgan fingerprint density at radius 2 is 2.08 bits per heavy atom. The summed E-state index contributed by atoms with van der Waals surface area (Å²) in [5.74, 6) is 0.973. The molecule has 1 aromatic carbocycles. The molecular weight excluding hydrogens is 336 g/mol. The number of carbonyl (C=O) groups is 1. The number of amides is 1. The Bertz CT molecular complexity index is 783. The van der Waals surface area contributed by atoms with Crippen LogP contribution in [0, 0.1) is 22.0 Å². The fraction of sp³-hybridized carbons (Fsp3) is 0.500. The van der Waals surface area contributed by atoms with Crippen LogP contribution in [0.15, 0.2) is 28.8 Å². The molecule has 0 spiro atoms. The Balaban J connectivity index is 1.79. The van der Waals surface area contributed by atoms with E-state index < -0.39 is 4.92 Å². The molecular formula is C18H22N4O4. The molecule has 1 heterocycles. The summed E-state index contributed by atoms with van der Waals surface area (Å²) in [6, 6.07) is 5.62. The maximum Gasteiger partial charge on any atom is 0.269 e. The van der Waals surface area contributed by atoms with Crippen molar-refractivity contribution in [3.05, 3.63) is 40.3 Å². The molecule has 8 heteroatoms. The van der Waals surface area contributed by atoms with E-state index in [0.717, 1.165) is 25.7 Å². The van der Waals surface area contributed by atoms with E-state index in [9.17, 15) is 14.9 Å². The van der Waals surface area contributed by atoms with Crippen LogP contribution < -0.4 is 5.32 Å². The van der Waals surface area contributed by atoms with Gasteiger partial charge in [-0.15, -0.1) is 0 Å². The average Bonchev–Trinajstić information content (AvgIpc) is 3.07. The summed E-state index contributed by atoms with van der Waals surface area (Å²) >= 11 is 0. The number of rotatable bonds is 7. The second-order valence-corrected chi connectivity index (χ2v) is 6.76. The van der Waals surface area contributed by atoms with E-state index in [2.05, 4.69) is 15.5 Å². The first-order valence-corrected chi connectivity index (χ1v) is 8.88. The molecule has 26 heavy (non-hydrogen) atoms. The zero-order valence-corrected chi connectivity index (χ0v) is 14.8. The fourth-order valence-electron chi connectivity index (χ4n) is 2.84. The molecule has 1 saturated carbocycles. The number of benzene rings is 1. The highest BCUT2D eigenvalue weighted by molar-refractivity contribution is 5.79. The second kappa shape index (κ2) is 7.63. The van der Waals surface area contributed by atoms with E-state index in [-0.39, 0.29) is 29.5 Å². The number of carbonyl (C=O) groups excluding carboxylic acids is 1. The Morgan fingerprint density at radius 1 is 1.38 bits per heavy atom. The topological polar surface area (TPSA) is 111 Å². The van der Waals surface area contributed by atoms with Crippen molar-refractivity contribution in [3.8, 4) is 11.4 Å². The molecule has 1 aliphatic carbocycles. The van der Waals surface area contributed by atoms with Gasteiger partial charge in [0.15, 0.2) is 0 Å². The largest absolute Gasteiger partial charge is 0.344 e. The summed E-state index contributed by atoms with van der Waals surface area (Å²) in [6.07, 6.45) is 3.80. The van der Waals surface area contributed by atoms with Crippen LogP contribution in [-0.4, -0.2) is 21.0 Å². The van der Waals surface area contributed by atoms with Crippen molar-refractivity contribution in [1.29, 1.82) is 0 Å². The van der Waals surface area contributed by atoms with E-state index in [4.69, 9.17) is 4.52 Å². The SMILES string of the molecule is CC[C@H](C)[C@@H](NC(=O)C1CCC1)c1nc(-c2ccc([N+](=O)[O-])cc2)no1. The highest BCUT2D eigenvalue weighted by atomic mass is 16.6. The summed E-state index contributed by atoms with van der Waals surface area (Å²) in [7, 11) is 0. The maximum atomic E-state index is 12.3. The van der Waals surface area contributed by atoms with Crippen LogP contribution in [0.4, 0.5) is 5.69 Å². The Labute approximate surface area is 151 Å². The van der Waals surface area contributed by atoms with Gasteiger partial charge >= 0.3 is 0 Å². The molecule has 1 amide bonds. The van der Waals surface area contributed by atoms with E-state index in [0.29, 0.717) is 17.3 Å². The van der Waals surface area contributed by atoms with Gasteiger partial charge in [0.1, 0.15) is 6.04 Å². The molecule has 0 saturated heterocycles. The fourth-order valence-corrected chi connectivity index (χ4v) is 2.84. The maximum absolute atomic E-state index is 12.3. The number of aromatic nitrogens is 2. The molecule has 1 aliphatic rings. The molecule has 2 aromatic rings. The van der Waals surface area contributed by atoms with Crippen LogP contribution in [0.3, 0.4) is 0 Å². The van der Waals surface area contributed by atoms with Gasteiger partial charge in [0.2, 0.25) is 17.6 Å². The van der Waals surface area contributed by atoms with Gasteiger partial charge < -0.3 is 9.84 Å².